The second kappa shape index (κ2) is 8.54. The standard InChI is InChI=1S/C21H30ClN3O3S2/c1-3-21(2)6-4-8-25(10-7-21)30(27,28)19-12-18-17(11-16(19)22)23-20(29-18)24-9-5-15(13-24)14-26/h11-12,15,26H,3-10,13-14H2,1-2H3/t15-,21?/m1/s1. The summed E-state index contributed by atoms with van der Waals surface area (Å²) in [6.07, 6.45) is 4.79. The third kappa shape index (κ3) is 4.21. The molecule has 2 atom stereocenters. The first-order chi connectivity index (χ1) is 14.3. The van der Waals surface area contributed by atoms with E-state index in [9.17, 15) is 13.5 Å². The Hall–Kier alpha value is -0.930. The molecule has 9 heteroatoms. The van der Waals surface area contributed by atoms with Crippen molar-refractivity contribution in [1.82, 2.24) is 9.29 Å². The molecule has 0 saturated carbocycles. The number of aromatic nitrogens is 1. The highest BCUT2D eigenvalue weighted by molar-refractivity contribution is 7.89. The predicted octanol–water partition coefficient (Wildman–Crippen LogP) is 4.36. The Bertz CT molecular complexity index is 1030. The van der Waals surface area contributed by atoms with E-state index in [0.29, 0.717) is 13.1 Å². The molecule has 1 N–H and O–H groups in total. The van der Waals surface area contributed by atoms with Crippen molar-refractivity contribution in [1.29, 1.82) is 0 Å². The monoisotopic (exact) mass is 471 g/mol. The van der Waals surface area contributed by atoms with Crippen LogP contribution in [0.25, 0.3) is 10.2 Å². The second-order valence-electron chi connectivity index (χ2n) is 8.95. The molecule has 30 heavy (non-hydrogen) atoms. The average Bonchev–Trinajstić information content (AvgIpc) is 3.30. The number of hydrogen-bond acceptors (Lipinski definition) is 6. The first-order valence-electron chi connectivity index (χ1n) is 10.7. The van der Waals surface area contributed by atoms with E-state index in [1.807, 2.05) is 0 Å². The number of fused-ring (bicyclic) bond motifs is 1. The number of aliphatic hydroxyl groups is 1. The van der Waals surface area contributed by atoms with Crippen LogP contribution in [0.15, 0.2) is 17.0 Å². The summed E-state index contributed by atoms with van der Waals surface area (Å²) in [6.45, 7) is 7.32. The van der Waals surface area contributed by atoms with Crippen LogP contribution in [0.5, 0.6) is 0 Å². The molecular weight excluding hydrogens is 442 g/mol. The van der Waals surface area contributed by atoms with Gasteiger partial charge < -0.3 is 10.0 Å². The fourth-order valence-corrected chi connectivity index (χ4v) is 7.55. The van der Waals surface area contributed by atoms with Gasteiger partial charge in [-0.05, 0) is 43.2 Å². The maximum absolute atomic E-state index is 13.4. The number of sulfonamides is 1. The molecule has 6 nitrogen and oxygen atoms in total. The molecule has 0 bridgehead atoms. The van der Waals surface area contributed by atoms with Crippen LogP contribution < -0.4 is 4.90 Å². The number of halogens is 1. The van der Waals surface area contributed by atoms with E-state index in [4.69, 9.17) is 11.6 Å². The smallest absolute Gasteiger partial charge is 0.244 e. The van der Waals surface area contributed by atoms with E-state index >= 15 is 0 Å². The number of anilines is 1. The Kier molecular flexibility index (Phi) is 6.34. The van der Waals surface area contributed by atoms with Gasteiger partial charge in [0, 0.05) is 38.7 Å². The molecule has 0 radical (unpaired) electrons. The van der Waals surface area contributed by atoms with Gasteiger partial charge in [0.15, 0.2) is 5.13 Å². The van der Waals surface area contributed by atoms with Crippen LogP contribution in [0.3, 0.4) is 0 Å². The Morgan fingerprint density at radius 1 is 1.30 bits per heavy atom. The number of nitrogens with zero attached hydrogens (tertiary/aromatic N) is 3. The van der Waals surface area contributed by atoms with Crippen molar-refractivity contribution in [2.75, 3.05) is 37.7 Å². The molecule has 1 unspecified atom stereocenters. The summed E-state index contributed by atoms with van der Waals surface area (Å²) in [7, 11) is -3.65. The zero-order chi connectivity index (χ0) is 21.5. The third-order valence-electron chi connectivity index (χ3n) is 6.87. The van der Waals surface area contributed by atoms with Gasteiger partial charge in [-0.1, -0.05) is 43.2 Å². The van der Waals surface area contributed by atoms with Gasteiger partial charge >= 0.3 is 0 Å². The maximum Gasteiger partial charge on any atom is 0.244 e. The van der Waals surface area contributed by atoms with Crippen molar-refractivity contribution >= 4 is 48.3 Å². The second-order valence-corrected chi connectivity index (χ2v) is 12.3. The largest absolute Gasteiger partial charge is 0.396 e. The molecule has 4 rings (SSSR count). The van der Waals surface area contributed by atoms with Crippen molar-refractivity contribution < 1.29 is 13.5 Å². The van der Waals surface area contributed by atoms with E-state index in [1.165, 1.54) is 11.3 Å². The first-order valence-corrected chi connectivity index (χ1v) is 13.4. The van der Waals surface area contributed by atoms with Gasteiger partial charge in [-0.2, -0.15) is 4.31 Å². The number of benzene rings is 1. The van der Waals surface area contributed by atoms with Crippen LogP contribution in [0.1, 0.15) is 46.0 Å². The van der Waals surface area contributed by atoms with E-state index in [2.05, 4.69) is 23.7 Å². The lowest BCUT2D eigenvalue weighted by Gasteiger charge is -2.26. The van der Waals surface area contributed by atoms with E-state index < -0.39 is 10.0 Å². The summed E-state index contributed by atoms with van der Waals surface area (Å²) in [6, 6.07) is 3.37. The fraction of sp³-hybridized carbons (Fsp3) is 0.667. The summed E-state index contributed by atoms with van der Waals surface area (Å²) in [5.74, 6) is 0.272. The summed E-state index contributed by atoms with van der Waals surface area (Å²) >= 11 is 7.95. The quantitative estimate of drug-likeness (QED) is 0.701. The normalized spacial score (nSPS) is 26.4. The molecule has 0 spiro atoms. The predicted molar refractivity (Wildman–Crippen MR) is 123 cm³/mol. The minimum atomic E-state index is -3.65. The highest BCUT2D eigenvalue weighted by Crippen LogP contribution is 2.39. The number of aliphatic hydroxyl groups excluding tert-OH is 1. The van der Waals surface area contributed by atoms with Gasteiger partial charge in [0.1, 0.15) is 4.90 Å². The van der Waals surface area contributed by atoms with Gasteiger partial charge in [0.2, 0.25) is 10.0 Å². The van der Waals surface area contributed by atoms with Crippen LogP contribution >= 0.6 is 22.9 Å². The topological polar surface area (TPSA) is 73.7 Å². The maximum atomic E-state index is 13.4. The lowest BCUT2D eigenvalue weighted by atomic mass is 9.81. The highest BCUT2D eigenvalue weighted by Gasteiger charge is 2.33. The molecule has 166 valence electrons. The summed E-state index contributed by atoms with van der Waals surface area (Å²) in [5, 5.41) is 10.5. The Morgan fingerprint density at radius 3 is 2.80 bits per heavy atom. The van der Waals surface area contributed by atoms with Crippen molar-refractivity contribution in [2.45, 2.75) is 50.8 Å². The molecule has 2 aliphatic rings. The summed E-state index contributed by atoms with van der Waals surface area (Å²) in [5.41, 5.74) is 0.924. The van der Waals surface area contributed by atoms with Crippen molar-refractivity contribution in [3.05, 3.63) is 17.2 Å². The Labute approximate surface area is 187 Å². The van der Waals surface area contributed by atoms with Gasteiger partial charge in [-0.3, -0.25) is 0 Å². The molecule has 0 aliphatic carbocycles. The molecule has 1 aromatic heterocycles. The van der Waals surface area contributed by atoms with Crippen LogP contribution in [0.2, 0.25) is 5.02 Å². The molecule has 2 aromatic rings. The van der Waals surface area contributed by atoms with Crippen LogP contribution in [-0.2, 0) is 10.0 Å². The minimum Gasteiger partial charge on any atom is -0.396 e. The van der Waals surface area contributed by atoms with Crippen molar-refractivity contribution in [2.24, 2.45) is 11.3 Å². The number of hydrogen-bond donors (Lipinski definition) is 1. The molecule has 1 aromatic carbocycles. The van der Waals surface area contributed by atoms with Crippen LogP contribution in [0, 0.1) is 11.3 Å². The van der Waals surface area contributed by atoms with Crippen molar-refractivity contribution in [3.63, 3.8) is 0 Å². The van der Waals surface area contributed by atoms with E-state index in [1.54, 1.807) is 16.4 Å². The third-order valence-corrected chi connectivity index (χ3v) is 10.3. The summed E-state index contributed by atoms with van der Waals surface area (Å²) < 4.78 is 29.3. The van der Waals surface area contributed by atoms with Gasteiger partial charge in [-0.15, -0.1) is 0 Å². The SMILES string of the molecule is CCC1(C)CCCN(S(=O)(=O)c2cc3sc(N4CC[C@@H](CO)C4)nc3cc2Cl)CC1. The number of rotatable bonds is 5. The average molecular weight is 472 g/mol. The van der Waals surface area contributed by atoms with Crippen molar-refractivity contribution in [3.8, 4) is 0 Å². The zero-order valence-corrected chi connectivity index (χ0v) is 20.0. The molecular formula is C21H30ClN3O3S2. The first kappa shape index (κ1) is 22.3. The molecule has 0 amide bonds. The Morgan fingerprint density at radius 2 is 2.10 bits per heavy atom. The minimum absolute atomic E-state index is 0.182. The van der Waals surface area contributed by atoms with E-state index in [0.717, 1.165) is 60.5 Å². The molecule has 3 heterocycles. The summed E-state index contributed by atoms with van der Waals surface area (Å²) in [4.78, 5) is 7.02. The van der Waals surface area contributed by atoms with E-state index in [-0.39, 0.29) is 27.9 Å². The van der Waals surface area contributed by atoms with Crippen LogP contribution in [0.4, 0.5) is 5.13 Å². The highest BCUT2D eigenvalue weighted by atomic mass is 35.5. The van der Waals surface area contributed by atoms with Crippen LogP contribution in [-0.4, -0.2) is 55.6 Å². The molecule has 2 fully saturated rings. The Balaban J connectivity index is 1.62. The lowest BCUT2D eigenvalue weighted by molar-refractivity contribution is 0.238. The van der Waals surface area contributed by atoms with Gasteiger partial charge in [0.25, 0.3) is 0 Å². The van der Waals surface area contributed by atoms with Gasteiger partial charge in [0.05, 0.1) is 15.2 Å². The number of thiazole rings is 1. The van der Waals surface area contributed by atoms with Gasteiger partial charge in [-0.25, -0.2) is 13.4 Å². The molecule has 2 saturated heterocycles. The lowest BCUT2D eigenvalue weighted by Crippen LogP contribution is -2.32. The zero-order valence-electron chi connectivity index (χ0n) is 17.6. The fourth-order valence-electron chi connectivity index (χ4n) is 4.45. The molecule has 2 aliphatic heterocycles.